The fraction of sp³-hybridized carbons (Fsp3) is 0.368. The summed E-state index contributed by atoms with van der Waals surface area (Å²) < 4.78 is 0.928. The fourth-order valence-electron chi connectivity index (χ4n) is 2.67. The molecular formula is C19H25BrN4O2S. The van der Waals surface area contributed by atoms with Crippen LogP contribution < -0.4 is 16.4 Å². The van der Waals surface area contributed by atoms with Crippen molar-refractivity contribution in [2.24, 2.45) is 5.73 Å². The second kappa shape index (κ2) is 9.87. The summed E-state index contributed by atoms with van der Waals surface area (Å²) in [4.78, 5) is 27.7. The van der Waals surface area contributed by atoms with Gasteiger partial charge in [0.25, 0.3) is 5.91 Å². The molecule has 0 aliphatic heterocycles. The lowest BCUT2D eigenvalue weighted by molar-refractivity contribution is 0.100. The van der Waals surface area contributed by atoms with Gasteiger partial charge in [-0.05, 0) is 56.3 Å². The Hall–Kier alpha value is -1.90. The van der Waals surface area contributed by atoms with Crippen LogP contribution in [0, 0.1) is 0 Å². The second-order valence-corrected chi connectivity index (χ2v) is 8.18. The molecule has 1 aromatic carbocycles. The van der Waals surface area contributed by atoms with Crippen LogP contribution in [0.2, 0.25) is 0 Å². The van der Waals surface area contributed by atoms with Crippen molar-refractivity contribution in [1.82, 2.24) is 4.90 Å². The van der Waals surface area contributed by atoms with Gasteiger partial charge in [-0.15, -0.1) is 11.3 Å². The molecule has 0 unspecified atom stereocenters. The van der Waals surface area contributed by atoms with Gasteiger partial charge in [0.05, 0.1) is 5.56 Å². The zero-order valence-corrected chi connectivity index (χ0v) is 18.2. The number of carbonyl (C=O) groups excluding carboxylic acids is 2. The lowest BCUT2D eigenvalue weighted by Gasteiger charge is -2.14. The minimum atomic E-state index is -0.515. The molecule has 1 heterocycles. The molecule has 0 fully saturated rings. The van der Waals surface area contributed by atoms with Gasteiger partial charge in [0.1, 0.15) is 5.00 Å². The van der Waals surface area contributed by atoms with Crippen LogP contribution in [0.5, 0.6) is 0 Å². The number of nitrogens with one attached hydrogen (secondary N) is 2. The molecule has 0 saturated carbocycles. The Morgan fingerprint density at radius 3 is 2.41 bits per heavy atom. The van der Waals surface area contributed by atoms with Gasteiger partial charge < -0.3 is 16.0 Å². The maximum atomic E-state index is 12.4. The van der Waals surface area contributed by atoms with E-state index in [1.165, 1.54) is 11.3 Å². The van der Waals surface area contributed by atoms with Gasteiger partial charge in [0, 0.05) is 21.6 Å². The zero-order chi connectivity index (χ0) is 20.0. The average molecular weight is 453 g/mol. The summed E-state index contributed by atoms with van der Waals surface area (Å²) in [5, 5.41) is 6.06. The summed E-state index contributed by atoms with van der Waals surface area (Å²) >= 11 is 4.77. The maximum Gasteiger partial charge on any atom is 0.324 e. The number of hydrogen-bond donors (Lipinski definition) is 3. The normalized spacial score (nSPS) is 10.9. The van der Waals surface area contributed by atoms with Crippen molar-refractivity contribution < 1.29 is 9.59 Å². The Kier molecular flexibility index (Phi) is 7.82. The van der Waals surface area contributed by atoms with Gasteiger partial charge >= 0.3 is 6.03 Å². The Morgan fingerprint density at radius 2 is 1.85 bits per heavy atom. The quantitative estimate of drug-likeness (QED) is 0.557. The minimum absolute atomic E-state index is 0.402. The van der Waals surface area contributed by atoms with E-state index in [1.807, 2.05) is 26.1 Å². The van der Waals surface area contributed by atoms with Crippen LogP contribution in [0.3, 0.4) is 0 Å². The first-order valence-corrected chi connectivity index (χ1v) is 10.4. The smallest absolute Gasteiger partial charge is 0.324 e. The number of halogens is 1. The molecule has 146 valence electrons. The summed E-state index contributed by atoms with van der Waals surface area (Å²) in [6, 6.07) is 6.86. The van der Waals surface area contributed by atoms with Gasteiger partial charge in [0.2, 0.25) is 0 Å². The van der Waals surface area contributed by atoms with Gasteiger partial charge in [-0.2, -0.15) is 0 Å². The van der Waals surface area contributed by atoms with Crippen LogP contribution in [-0.2, 0) is 12.8 Å². The molecule has 2 rings (SSSR count). The van der Waals surface area contributed by atoms with Crippen molar-refractivity contribution in [2.45, 2.75) is 26.7 Å². The summed E-state index contributed by atoms with van der Waals surface area (Å²) in [6.45, 7) is 5.88. The third kappa shape index (κ3) is 5.79. The van der Waals surface area contributed by atoms with Crippen molar-refractivity contribution in [2.75, 3.05) is 30.8 Å². The summed E-state index contributed by atoms with van der Waals surface area (Å²) in [7, 11) is 2.03. The largest absolute Gasteiger partial charge is 0.365 e. The van der Waals surface area contributed by atoms with Crippen molar-refractivity contribution in [3.8, 4) is 0 Å². The first-order valence-electron chi connectivity index (χ1n) is 8.82. The molecule has 0 bridgehead atoms. The molecular weight excluding hydrogens is 428 g/mol. The number of thiophene rings is 1. The zero-order valence-electron chi connectivity index (χ0n) is 15.8. The highest BCUT2D eigenvalue weighted by Crippen LogP contribution is 2.34. The van der Waals surface area contributed by atoms with Crippen LogP contribution in [-0.4, -0.2) is 37.0 Å². The number of aryl methyl sites for hydroxylation is 1. The van der Waals surface area contributed by atoms with E-state index in [9.17, 15) is 9.59 Å². The topological polar surface area (TPSA) is 87.5 Å². The second-order valence-electron chi connectivity index (χ2n) is 6.16. The number of urea groups is 1. The predicted octanol–water partition coefficient (Wildman–Crippen LogP) is 4.31. The maximum absolute atomic E-state index is 12.4. The van der Waals surface area contributed by atoms with E-state index < -0.39 is 11.9 Å². The molecule has 0 atom stereocenters. The lowest BCUT2D eigenvalue weighted by atomic mass is 10.0. The molecule has 0 aliphatic rings. The Morgan fingerprint density at radius 1 is 1.19 bits per heavy atom. The molecule has 8 heteroatoms. The van der Waals surface area contributed by atoms with E-state index >= 15 is 0 Å². The fourth-order valence-corrected chi connectivity index (χ4v) is 4.12. The van der Waals surface area contributed by atoms with Crippen LogP contribution in [0.25, 0.3) is 0 Å². The predicted molar refractivity (Wildman–Crippen MR) is 116 cm³/mol. The van der Waals surface area contributed by atoms with Crippen molar-refractivity contribution in [3.05, 3.63) is 44.7 Å². The number of anilines is 2. The number of benzene rings is 1. The van der Waals surface area contributed by atoms with E-state index in [0.717, 1.165) is 40.8 Å². The number of primary amides is 1. The molecule has 27 heavy (non-hydrogen) atoms. The molecule has 6 nitrogen and oxygen atoms in total. The van der Waals surface area contributed by atoms with E-state index in [-0.39, 0.29) is 0 Å². The molecule has 2 aromatic rings. The van der Waals surface area contributed by atoms with Gasteiger partial charge in [0.15, 0.2) is 0 Å². The van der Waals surface area contributed by atoms with Crippen molar-refractivity contribution in [1.29, 1.82) is 0 Å². The molecule has 4 N–H and O–H groups in total. The van der Waals surface area contributed by atoms with Crippen LogP contribution >= 0.6 is 27.3 Å². The molecule has 0 spiro atoms. The highest BCUT2D eigenvalue weighted by atomic mass is 79.9. The van der Waals surface area contributed by atoms with Gasteiger partial charge in [-0.3, -0.25) is 10.1 Å². The Bertz CT molecular complexity index is 805. The molecule has 0 aliphatic carbocycles. The standard InChI is InChI=1S/C19H25BrN4O2S/c1-4-15-14(10-11-24(3)5-2)16(17(21)25)18(27-15)23-19(26)22-13-8-6-12(20)7-9-13/h6-9H,4-5,10-11H2,1-3H3,(H2,21,25)(H2,22,23,26). The van der Waals surface area contributed by atoms with E-state index in [2.05, 4.69) is 38.4 Å². The third-order valence-corrected chi connectivity index (χ3v) is 6.09. The molecule has 0 radical (unpaired) electrons. The van der Waals surface area contributed by atoms with E-state index in [4.69, 9.17) is 5.73 Å². The summed E-state index contributed by atoms with van der Waals surface area (Å²) in [5.41, 5.74) is 7.67. The number of nitrogens with two attached hydrogens (primary N) is 1. The Labute approximate surface area is 172 Å². The molecule has 0 saturated heterocycles. The summed E-state index contributed by atoms with van der Waals surface area (Å²) in [5.74, 6) is -0.515. The van der Waals surface area contributed by atoms with Crippen LogP contribution in [0.4, 0.5) is 15.5 Å². The number of likely N-dealkylation sites (N-methyl/N-ethyl adjacent to an activating group) is 1. The van der Waals surface area contributed by atoms with Crippen molar-refractivity contribution >= 4 is 49.9 Å². The molecule has 1 aromatic heterocycles. The number of amides is 3. The highest BCUT2D eigenvalue weighted by molar-refractivity contribution is 9.10. The highest BCUT2D eigenvalue weighted by Gasteiger charge is 2.22. The molecule has 3 amide bonds. The minimum Gasteiger partial charge on any atom is -0.365 e. The van der Waals surface area contributed by atoms with Gasteiger partial charge in [-0.25, -0.2) is 4.79 Å². The summed E-state index contributed by atoms with van der Waals surface area (Å²) in [6.07, 6.45) is 1.50. The SMILES string of the molecule is CCc1sc(NC(=O)Nc2ccc(Br)cc2)c(C(N)=O)c1CCN(C)CC. The number of nitrogens with zero attached hydrogens (tertiary/aromatic N) is 1. The van der Waals surface area contributed by atoms with Crippen molar-refractivity contribution in [3.63, 3.8) is 0 Å². The van der Waals surface area contributed by atoms with Crippen LogP contribution in [0.15, 0.2) is 28.7 Å². The number of hydrogen-bond acceptors (Lipinski definition) is 4. The Balaban J connectivity index is 2.21. The number of carbonyl (C=O) groups is 2. The van der Waals surface area contributed by atoms with Gasteiger partial charge in [-0.1, -0.05) is 29.8 Å². The first kappa shape index (κ1) is 21.4. The first-order chi connectivity index (χ1) is 12.8. The van der Waals surface area contributed by atoms with E-state index in [1.54, 1.807) is 12.1 Å². The van der Waals surface area contributed by atoms with Crippen LogP contribution in [0.1, 0.15) is 34.6 Å². The van der Waals surface area contributed by atoms with E-state index in [0.29, 0.717) is 16.3 Å². The number of rotatable bonds is 8. The monoisotopic (exact) mass is 452 g/mol. The average Bonchev–Trinajstić information content (AvgIpc) is 2.98. The third-order valence-electron chi connectivity index (χ3n) is 4.27. The lowest BCUT2D eigenvalue weighted by Crippen LogP contribution is -2.24.